The number of aliphatic hydroxyl groups excluding tert-OH is 1. The van der Waals surface area contributed by atoms with Gasteiger partial charge in [-0.15, -0.1) is 0 Å². The summed E-state index contributed by atoms with van der Waals surface area (Å²) in [4.78, 5) is 29.8. The maximum Gasteiger partial charge on any atom is 0.295 e. The highest BCUT2D eigenvalue weighted by Gasteiger charge is 2.46. The van der Waals surface area contributed by atoms with Crippen LogP contribution < -0.4 is 9.47 Å². The second kappa shape index (κ2) is 9.44. The monoisotopic (exact) mass is 468 g/mol. The van der Waals surface area contributed by atoms with Gasteiger partial charge < -0.3 is 24.2 Å². The van der Waals surface area contributed by atoms with Crippen LogP contribution in [0, 0.1) is 5.82 Å². The Labute approximate surface area is 196 Å². The number of carbonyl (C=O) groups excluding carboxylic acids is 2. The Hall–Kier alpha value is -3.43. The van der Waals surface area contributed by atoms with Crippen LogP contribution in [0.2, 0.25) is 0 Å². The molecule has 1 amide bonds. The SMILES string of the molecule is O=C1C(=O)N(CCN2CCOCC2)C(c2ccc(F)cc2)/C1=C(/O)c1ccc2c(c1)OCCO2. The van der Waals surface area contributed by atoms with Crippen molar-refractivity contribution in [3.8, 4) is 11.5 Å². The Morgan fingerprint density at radius 3 is 2.38 bits per heavy atom. The third kappa shape index (κ3) is 4.24. The lowest BCUT2D eigenvalue weighted by Gasteiger charge is -2.31. The maximum absolute atomic E-state index is 13.6. The van der Waals surface area contributed by atoms with Gasteiger partial charge in [-0.2, -0.15) is 0 Å². The lowest BCUT2D eigenvalue weighted by molar-refractivity contribution is -0.140. The maximum atomic E-state index is 13.6. The summed E-state index contributed by atoms with van der Waals surface area (Å²) in [7, 11) is 0. The normalized spacial score (nSPS) is 22.3. The number of hydrogen-bond acceptors (Lipinski definition) is 7. The molecule has 2 aromatic rings. The molecule has 3 heterocycles. The van der Waals surface area contributed by atoms with Gasteiger partial charge in [-0.3, -0.25) is 14.5 Å². The number of morpholine rings is 1. The largest absolute Gasteiger partial charge is 0.507 e. The van der Waals surface area contributed by atoms with E-state index < -0.39 is 23.5 Å². The number of carbonyl (C=O) groups is 2. The van der Waals surface area contributed by atoms with E-state index in [9.17, 15) is 19.1 Å². The predicted molar refractivity (Wildman–Crippen MR) is 120 cm³/mol. The van der Waals surface area contributed by atoms with E-state index in [1.54, 1.807) is 18.2 Å². The third-order valence-corrected chi connectivity index (χ3v) is 6.30. The summed E-state index contributed by atoms with van der Waals surface area (Å²) in [5, 5.41) is 11.2. The van der Waals surface area contributed by atoms with Crippen LogP contribution in [-0.4, -0.2) is 79.2 Å². The Balaban J connectivity index is 1.53. The van der Waals surface area contributed by atoms with Crippen LogP contribution in [0.4, 0.5) is 4.39 Å². The van der Waals surface area contributed by atoms with Crippen molar-refractivity contribution in [2.75, 3.05) is 52.6 Å². The van der Waals surface area contributed by atoms with E-state index in [1.807, 2.05) is 0 Å². The minimum atomic E-state index is -0.838. The lowest BCUT2D eigenvalue weighted by Crippen LogP contribution is -2.42. The second-order valence-corrected chi connectivity index (χ2v) is 8.36. The van der Waals surface area contributed by atoms with Crippen LogP contribution in [0.3, 0.4) is 0 Å². The molecule has 2 saturated heterocycles. The number of amides is 1. The molecular formula is C25H25FN2O6. The van der Waals surface area contributed by atoms with Crippen molar-refractivity contribution < 1.29 is 33.3 Å². The van der Waals surface area contributed by atoms with Crippen molar-refractivity contribution >= 4 is 17.4 Å². The van der Waals surface area contributed by atoms with E-state index in [0.29, 0.717) is 55.6 Å². The first-order valence-corrected chi connectivity index (χ1v) is 11.3. The van der Waals surface area contributed by atoms with Gasteiger partial charge in [0.05, 0.1) is 24.8 Å². The molecule has 8 nitrogen and oxygen atoms in total. The quantitative estimate of drug-likeness (QED) is 0.409. The Morgan fingerprint density at radius 1 is 0.941 bits per heavy atom. The standard InChI is InChI=1S/C25H25FN2O6/c26-18-4-1-16(2-5-18)22-21(23(29)17-3-6-19-20(15-17)34-14-13-33-19)24(30)25(31)28(22)8-7-27-9-11-32-12-10-27/h1-6,15,22,29H,7-14H2/b23-21-. The van der Waals surface area contributed by atoms with Crippen LogP contribution in [0.5, 0.6) is 11.5 Å². The summed E-state index contributed by atoms with van der Waals surface area (Å²) in [5.41, 5.74) is 0.847. The minimum Gasteiger partial charge on any atom is -0.507 e. The first-order valence-electron chi connectivity index (χ1n) is 11.3. The fraction of sp³-hybridized carbons (Fsp3) is 0.360. The molecule has 9 heteroatoms. The number of nitrogens with zero attached hydrogens (tertiary/aromatic N) is 2. The number of benzene rings is 2. The Kier molecular flexibility index (Phi) is 6.21. The van der Waals surface area contributed by atoms with Crippen LogP contribution in [-0.2, 0) is 14.3 Å². The molecule has 3 aliphatic heterocycles. The zero-order chi connectivity index (χ0) is 23.7. The van der Waals surface area contributed by atoms with E-state index in [2.05, 4.69) is 4.90 Å². The van der Waals surface area contributed by atoms with Crippen LogP contribution in [0.1, 0.15) is 17.2 Å². The number of halogens is 1. The first kappa shape index (κ1) is 22.4. The summed E-state index contributed by atoms with van der Waals surface area (Å²) in [6, 6.07) is 9.65. The summed E-state index contributed by atoms with van der Waals surface area (Å²) in [6.07, 6.45) is 0. The predicted octanol–water partition coefficient (Wildman–Crippen LogP) is 2.35. The fourth-order valence-electron chi connectivity index (χ4n) is 4.52. The minimum absolute atomic E-state index is 0.0322. The number of fused-ring (bicyclic) bond motifs is 1. The molecule has 178 valence electrons. The smallest absolute Gasteiger partial charge is 0.295 e. The van der Waals surface area contributed by atoms with Gasteiger partial charge in [0.1, 0.15) is 24.8 Å². The molecular weight excluding hydrogens is 443 g/mol. The number of aliphatic hydroxyl groups is 1. The molecule has 0 saturated carbocycles. The molecule has 1 N–H and O–H groups in total. The van der Waals surface area contributed by atoms with Gasteiger partial charge in [0.2, 0.25) is 0 Å². The van der Waals surface area contributed by atoms with E-state index in [0.717, 1.165) is 13.1 Å². The number of ether oxygens (including phenoxy) is 3. The van der Waals surface area contributed by atoms with Gasteiger partial charge in [0.15, 0.2) is 11.5 Å². The second-order valence-electron chi connectivity index (χ2n) is 8.36. The average molecular weight is 468 g/mol. The van der Waals surface area contributed by atoms with Crippen LogP contribution in [0.15, 0.2) is 48.0 Å². The molecule has 34 heavy (non-hydrogen) atoms. The van der Waals surface area contributed by atoms with Gasteiger partial charge in [-0.05, 0) is 35.9 Å². The number of ketones is 1. The summed E-state index contributed by atoms with van der Waals surface area (Å²) < 4.78 is 30.1. The third-order valence-electron chi connectivity index (χ3n) is 6.30. The number of hydrogen-bond donors (Lipinski definition) is 1. The van der Waals surface area contributed by atoms with Gasteiger partial charge >= 0.3 is 0 Å². The Morgan fingerprint density at radius 2 is 1.65 bits per heavy atom. The number of likely N-dealkylation sites (tertiary alicyclic amines) is 1. The molecule has 2 fully saturated rings. The first-order chi connectivity index (χ1) is 16.5. The van der Waals surface area contributed by atoms with E-state index >= 15 is 0 Å². The lowest BCUT2D eigenvalue weighted by atomic mass is 9.95. The van der Waals surface area contributed by atoms with Gasteiger partial charge in [-0.25, -0.2) is 4.39 Å². The van der Waals surface area contributed by atoms with Crippen molar-refractivity contribution in [1.82, 2.24) is 9.80 Å². The topological polar surface area (TPSA) is 88.5 Å². The van der Waals surface area contributed by atoms with Gasteiger partial charge in [0.25, 0.3) is 11.7 Å². The molecule has 2 aromatic carbocycles. The van der Waals surface area contributed by atoms with E-state index in [-0.39, 0.29) is 17.9 Å². The fourth-order valence-corrected chi connectivity index (χ4v) is 4.52. The van der Waals surface area contributed by atoms with Crippen molar-refractivity contribution in [2.45, 2.75) is 6.04 Å². The zero-order valence-corrected chi connectivity index (χ0v) is 18.5. The van der Waals surface area contributed by atoms with Crippen molar-refractivity contribution in [3.63, 3.8) is 0 Å². The zero-order valence-electron chi connectivity index (χ0n) is 18.5. The molecule has 0 bridgehead atoms. The highest BCUT2D eigenvalue weighted by molar-refractivity contribution is 6.46. The average Bonchev–Trinajstić information content (AvgIpc) is 3.12. The molecule has 0 spiro atoms. The number of Topliss-reactive ketones (excluding diaryl/α,β-unsaturated/α-hetero) is 1. The van der Waals surface area contributed by atoms with E-state index in [4.69, 9.17) is 14.2 Å². The van der Waals surface area contributed by atoms with Crippen molar-refractivity contribution in [2.24, 2.45) is 0 Å². The van der Waals surface area contributed by atoms with Gasteiger partial charge in [0, 0.05) is 31.7 Å². The molecule has 1 atom stereocenters. The molecule has 0 aliphatic carbocycles. The Bertz CT molecular complexity index is 1130. The molecule has 0 aromatic heterocycles. The molecule has 0 radical (unpaired) electrons. The van der Waals surface area contributed by atoms with Crippen LogP contribution in [0.25, 0.3) is 5.76 Å². The van der Waals surface area contributed by atoms with Gasteiger partial charge in [-0.1, -0.05) is 12.1 Å². The molecule has 3 aliphatic rings. The molecule has 5 rings (SSSR count). The van der Waals surface area contributed by atoms with Crippen molar-refractivity contribution in [1.29, 1.82) is 0 Å². The highest BCUT2D eigenvalue weighted by atomic mass is 19.1. The summed E-state index contributed by atoms with van der Waals surface area (Å²) in [5.74, 6) is -1.20. The highest BCUT2D eigenvalue weighted by Crippen LogP contribution is 2.41. The van der Waals surface area contributed by atoms with Crippen molar-refractivity contribution in [3.05, 3.63) is 65.0 Å². The van der Waals surface area contributed by atoms with E-state index in [1.165, 1.54) is 29.2 Å². The number of rotatable bonds is 5. The molecule has 1 unspecified atom stereocenters. The summed E-state index contributed by atoms with van der Waals surface area (Å²) in [6.45, 7) is 4.35. The van der Waals surface area contributed by atoms with Crippen LogP contribution >= 0.6 is 0 Å². The summed E-state index contributed by atoms with van der Waals surface area (Å²) >= 11 is 0.